The summed E-state index contributed by atoms with van der Waals surface area (Å²) in [4.78, 5) is 24.1. The molecule has 16 heavy (non-hydrogen) atoms. The van der Waals surface area contributed by atoms with Crippen LogP contribution >= 0.6 is 0 Å². The quantitative estimate of drug-likeness (QED) is 0.511. The number of carbonyl (C=O) groups excluding carboxylic acids is 2. The maximum Gasteiger partial charge on any atom is 0.311 e. The van der Waals surface area contributed by atoms with Crippen molar-refractivity contribution < 1.29 is 14.3 Å². The van der Waals surface area contributed by atoms with Crippen molar-refractivity contribution in [2.75, 3.05) is 20.2 Å². The molecule has 92 valence electrons. The van der Waals surface area contributed by atoms with Gasteiger partial charge in [0.1, 0.15) is 6.61 Å². The number of amides is 1. The van der Waals surface area contributed by atoms with Crippen molar-refractivity contribution in [1.82, 2.24) is 4.90 Å². The average molecular weight is 227 g/mol. The minimum atomic E-state index is -0.457. The van der Waals surface area contributed by atoms with Gasteiger partial charge in [-0.15, -0.1) is 0 Å². The first-order chi connectivity index (χ1) is 7.35. The molecule has 1 amide bonds. The molecule has 4 heteroatoms. The zero-order valence-electron chi connectivity index (χ0n) is 10.6. The summed E-state index contributed by atoms with van der Waals surface area (Å²) in [5, 5.41) is 0. The number of hydrogen-bond donors (Lipinski definition) is 0. The van der Waals surface area contributed by atoms with Crippen LogP contribution in [0.25, 0.3) is 0 Å². The van der Waals surface area contributed by atoms with Crippen molar-refractivity contribution in [2.45, 2.75) is 27.2 Å². The maximum atomic E-state index is 11.6. The second-order valence-corrected chi connectivity index (χ2v) is 4.34. The molecule has 0 unspecified atom stereocenters. The van der Waals surface area contributed by atoms with Gasteiger partial charge in [0, 0.05) is 7.05 Å². The molecule has 0 aromatic carbocycles. The molecular weight excluding hydrogens is 206 g/mol. The van der Waals surface area contributed by atoms with Crippen molar-refractivity contribution >= 4 is 11.9 Å². The third kappa shape index (κ3) is 4.47. The molecule has 0 fully saturated rings. The summed E-state index contributed by atoms with van der Waals surface area (Å²) in [5.74, 6) is -0.403. The first-order valence-electron chi connectivity index (χ1n) is 5.40. The van der Waals surface area contributed by atoms with Crippen molar-refractivity contribution in [3.05, 3.63) is 12.7 Å². The Morgan fingerprint density at radius 3 is 2.44 bits per heavy atom. The van der Waals surface area contributed by atoms with Gasteiger partial charge in [-0.25, -0.2) is 0 Å². The zero-order chi connectivity index (χ0) is 12.8. The van der Waals surface area contributed by atoms with E-state index in [1.807, 2.05) is 20.8 Å². The van der Waals surface area contributed by atoms with Gasteiger partial charge in [-0.05, 0) is 26.3 Å². The monoisotopic (exact) mass is 227 g/mol. The lowest BCUT2D eigenvalue weighted by atomic mass is 9.91. The van der Waals surface area contributed by atoms with Gasteiger partial charge in [0.2, 0.25) is 5.91 Å². The standard InChI is InChI=1S/C12H21NO3/c1-6-10(14)13(5)8-9-16-11(15)12(3,4)7-2/h6H,1,7-9H2,2-5H3. The van der Waals surface area contributed by atoms with E-state index in [2.05, 4.69) is 6.58 Å². The van der Waals surface area contributed by atoms with Crippen LogP contribution in [0.5, 0.6) is 0 Å². The van der Waals surface area contributed by atoms with Gasteiger partial charge in [0.05, 0.1) is 12.0 Å². The molecule has 0 saturated carbocycles. The number of carbonyl (C=O) groups is 2. The molecule has 0 spiro atoms. The lowest BCUT2D eigenvalue weighted by Crippen LogP contribution is -2.32. The van der Waals surface area contributed by atoms with E-state index in [0.29, 0.717) is 6.54 Å². The summed E-state index contributed by atoms with van der Waals surface area (Å²) in [6.07, 6.45) is 1.96. The summed E-state index contributed by atoms with van der Waals surface area (Å²) < 4.78 is 5.10. The number of hydrogen-bond acceptors (Lipinski definition) is 3. The van der Waals surface area contributed by atoms with Crippen LogP contribution in [0.3, 0.4) is 0 Å². The van der Waals surface area contributed by atoms with Crippen molar-refractivity contribution in [3.63, 3.8) is 0 Å². The Labute approximate surface area is 97.3 Å². The van der Waals surface area contributed by atoms with E-state index in [1.54, 1.807) is 7.05 Å². The number of nitrogens with zero attached hydrogens (tertiary/aromatic N) is 1. The fourth-order valence-electron chi connectivity index (χ4n) is 0.881. The molecule has 0 heterocycles. The van der Waals surface area contributed by atoms with Crippen LogP contribution < -0.4 is 0 Å². The van der Waals surface area contributed by atoms with E-state index >= 15 is 0 Å². The molecule has 0 radical (unpaired) electrons. The summed E-state index contributed by atoms with van der Waals surface area (Å²) in [6.45, 7) is 9.61. The Bertz CT molecular complexity index is 271. The Hall–Kier alpha value is -1.32. The van der Waals surface area contributed by atoms with Crippen molar-refractivity contribution in [1.29, 1.82) is 0 Å². The number of ether oxygens (including phenoxy) is 1. The van der Waals surface area contributed by atoms with Crippen molar-refractivity contribution in [2.24, 2.45) is 5.41 Å². The molecule has 0 rings (SSSR count). The number of esters is 1. The molecule has 0 aliphatic heterocycles. The predicted octanol–water partition coefficient (Wildman–Crippen LogP) is 1.61. The molecule has 0 N–H and O–H groups in total. The van der Waals surface area contributed by atoms with E-state index in [-0.39, 0.29) is 18.5 Å². The molecule has 0 saturated heterocycles. The lowest BCUT2D eigenvalue weighted by Gasteiger charge is -2.21. The van der Waals surface area contributed by atoms with E-state index in [4.69, 9.17) is 4.74 Å². The molecular formula is C12H21NO3. The minimum Gasteiger partial charge on any atom is -0.463 e. The molecule has 0 aliphatic rings. The highest BCUT2D eigenvalue weighted by molar-refractivity contribution is 5.86. The summed E-state index contributed by atoms with van der Waals surface area (Å²) >= 11 is 0. The van der Waals surface area contributed by atoms with Crippen LogP contribution in [-0.4, -0.2) is 37.0 Å². The third-order valence-electron chi connectivity index (χ3n) is 2.65. The topological polar surface area (TPSA) is 46.6 Å². The molecule has 0 aliphatic carbocycles. The number of likely N-dealkylation sites (N-methyl/N-ethyl adjacent to an activating group) is 1. The minimum absolute atomic E-state index is 0.175. The molecule has 4 nitrogen and oxygen atoms in total. The van der Waals surface area contributed by atoms with Gasteiger partial charge in [0.15, 0.2) is 0 Å². The summed E-state index contributed by atoms with van der Waals surface area (Å²) in [7, 11) is 1.64. The van der Waals surface area contributed by atoms with Crippen LogP contribution in [0, 0.1) is 5.41 Å². The van der Waals surface area contributed by atoms with E-state index in [1.165, 1.54) is 11.0 Å². The molecule has 0 aromatic rings. The highest BCUT2D eigenvalue weighted by Gasteiger charge is 2.26. The van der Waals surface area contributed by atoms with Gasteiger partial charge < -0.3 is 9.64 Å². The smallest absolute Gasteiger partial charge is 0.311 e. The highest BCUT2D eigenvalue weighted by Crippen LogP contribution is 2.21. The number of rotatable bonds is 6. The first-order valence-corrected chi connectivity index (χ1v) is 5.40. The molecule has 0 aromatic heterocycles. The fraction of sp³-hybridized carbons (Fsp3) is 0.667. The lowest BCUT2D eigenvalue weighted by molar-refractivity contribution is -0.155. The Morgan fingerprint density at radius 1 is 1.44 bits per heavy atom. The van der Waals surface area contributed by atoms with Crippen LogP contribution in [0.1, 0.15) is 27.2 Å². The maximum absolute atomic E-state index is 11.6. The van der Waals surface area contributed by atoms with Gasteiger partial charge in [-0.3, -0.25) is 9.59 Å². The summed E-state index contributed by atoms with van der Waals surface area (Å²) in [6, 6.07) is 0. The van der Waals surface area contributed by atoms with Gasteiger partial charge in [-0.1, -0.05) is 13.5 Å². The van der Waals surface area contributed by atoms with Gasteiger partial charge in [0.25, 0.3) is 0 Å². The second-order valence-electron chi connectivity index (χ2n) is 4.34. The summed E-state index contributed by atoms with van der Waals surface area (Å²) in [5.41, 5.74) is -0.457. The normalized spacial score (nSPS) is 10.8. The van der Waals surface area contributed by atoms with Crippen molar-refractivity contribution in [3.8, 4) is 0 Å². The van der Waals surface area contributed by atoms with Crippen LogP contribution in [0.15, 0.2) is 12.7 Å². The van der Waals surface area contributed by atoms with Gasteiger partial charge >= 0.3 is 5.97 Å². The van der Waals surface area contributed by atoms with E-state index in [9.17, 15) is 9.59 Å². The fourth-order valence-corrected chi connectivity index (χ4v) is 0.881. The average Bonchev–Trinajstić information content (AvgIpc) is 2.27. The largest absolute Gasteiger partial charge is 0.463 e. The highest BCUT2D eigenvalue weighted by atomic mass is 16.5. The van der Waals surface area contributed by atoms with E-state index < -0.39 is 5.41 Å². The Morgan fingerprint density at radius 2 is 2.00 bits per heavy atom. The van der Waals surface area contributed by atoms with Crippen LogP contribution in [-0.2, 0) is 14.3 Å². The zero-order valence-corrected chi connectivity index (χ0v) is 10.6. The predicted molar refractivity (Wildman–Crippen MR) is 62.9 cm³/mol. The SMILES string of the molecule is C=CC(=O)N(C)CCOC(=O)C(C)(C)CC. The van der Waals surface area contributed by atoms with Crippen LogP contribution in [0.4, 0.5) is 0 Å². The van der Waals surface area contributed by atoms with Crippen LogP contribution in [0.2, 0.25) is 0 Å². The molecule has 0 atom stereocenters. The van der Waals surface area contributed by atoms with E-state index in [0.717, 1.165) is 6.42 Å². The molecule has 0 bridgehead atoms. The van der Waals surface area contributed by atoms with Gasteiger partial charge in [-0.2, -0.15) is 0 Å². The Balaban J connectivity index is 3.96. The first kappa shape index (κ1) is 14.7. The third-order valence-corrected chi connectivity index (χ3v) is 2.65. The second kappa shape index (κ2) is 6.30. The Kier molecular flexibility index (Phi) is 5.78.